The summed E-state index contributed by atoms with van der Waals surface area (Å²) in [7, 11) is 3.49. The fourth-order valence-corrected chi connectivity index (χ4v) is 3.61. The molecule has 0 atom stereocenters. The molecule has 174 valence electrons. The van der Waals surface area contributed by atoms with E-state index in [1.54, 1.807) is 42.5 Å². The zero-order valence-corrected chi connectivity index (χ0v) is 18.7. The summed E-state index contributed by atoms with van der Waals surface area (Å²) in [4.78, 5) is 29.8. The van der Waals surface area contributed by atoms with Gasteiger partial charge in [0.15, 0.2) is 11.5 Å². The van der Waals surface area contributed by atoms with Crippen molar-refractivity contribution in [3.05, 3.63) is 71.9 Å². The number of aromatic nitrogens is 1. The van der Waals surface area contributed by atoms with Crippen LogP contribution in [0.15, 0.2) is 59.3 Å². The van der Waals surface area contributed by atoms with Gasteiger partial charge in [-0.2, -0.15) is 0 Å². The molecule has 1 aliphatic heterocycles. The van der Waals surface area contributed by atoms with Gasteiger partial charge in [-0.1, -0.05) is 0 Å². The average Bonchev–Trinajstić information content (AvgIpc) is 3.58. The summed E-state index contributed by atoms with van der Waals surface area (Å²) in [5, 5.41) is 0. The number of fused-ring (bicyclic) bond motifs is 1. The Morgan fingerprint density at radius 2 is 1.91 bits per heavy atom. The molecule has 0 bridgehead atoms. The number of aryl methyl sites for hydroxylation is 1. The SMILES string of the molecule is COCCN(CC(=O)N(Cc1ccco1)Cc1cccn1C)C(=O)c1ccc2c(c1)OCO2. The fourth-order valence-electron chi connectivity index (χ4n) is 3.61. The Morgan fingerprint density at radius 3 is 2.64 bits per heavy atom. The maximum atomic E-state index is 13.4. The van der Waals surface area contributed by atoms with Gasteiger partial charge in [0.1, 0.15) is 12.3 Å². The van der Waals surface area contributed by atoms with Crippen LogP contribution in [0.1, 0.15) is 21.8 Å². The van der Waals surface area contributed by atoms with Gasteiger partial charge in [0.25, 0.3) is 5.91 Å². The van der Waals surface area contributed by atoms with Gasteiger partial charge in [-0.25, -0.2) is 0 Å². The molecule has 4 rings (SSSR count). The van der Waals surface area contributed by atoms with Crippen LogP contribution in [-0.4, -0.2) is 59.8 Å². The van der Waals surface area contributed by atoms with Crippen LogP contribution in [0.2, 0.25) is 0 Å². The molecule has 9 nitrogen and oxygen atoms in total. The maximum Gasteiger partial charge on any atom is 0.254 e. The van der Waals surface area contributed by atoms with Gasteiger partial charge in [-0.3, -0.25) is 9.59 Å². The molecule has 0 unspecified atom stereocenters. The predicted molar refractivity (Wildman–Crippen MR) is 119 cm³/mol. The minimum atomic E-state index is -0.282. The van der Waals surface area contributed by atoms with Crippen LogP contribution in [0.3, 0.4) is 0 Å². The molecular weight excluding hydrogens is 426 g/mol. The first-order valence-corrected chi connectivity index (χ1v) is 10.6. The molecule has 2 aromatic heterocycles. The number of methoxy groups -OCH3 is 1. The molecule has 0 fully saturated rings. The quantitative estimate of drug-likeness (QED) is 0.469. The first kappa shape index (κ1) is 22.5. The van der Waals surface area contributed by atoms with Crippen LogP contribution in [0.4, 0.5) is 0 Å². The summed E-state index contributed by atoms with van der Waals surface area (Å²) in [6.45, 7) is 1.29. The van der Waals surface area contributed by atoms with Crippen LogP contribution >= 0.6 is 0 Å². The van der Waals surface area contributed by atoms with E-state index < -0.39 is 0 Å². The molecule has 3 heterocycles. The molecule has 33 heavy (non-hydrogen) atoms. The molecule has 3 aromatic rings. The number of carbonyl (C=O) groups excluding carboxylic acids is 2. The van der Waals surface area contributed by atoms with Gasteiger partial charge in [-0.05, 0) is 42.5 Å². The van der Waals surface area contributed by atoms with Crippen molar-refractivity contribution in [3.63, 3.8) is 0 Å². The van der Waals surface area contributed by atoms with Gasteiger partial charge in [0.05, 0.1) is 26.0 Å². The molecule has 1 aliphatic rings. The summed E-state index contributed by atoms with van der Waals surface area (Å²) in [6.07, 6.45) is 3.51. The Morgan fingerprint density at radius 1 is 1.06 bits per heavy atom. The molecule has 2 amide bonds. The summed E-state index contributed by atoms with van der Waals surface area (Å²) < 4.78 is 23.3. The highest BCUT2D eigenvalue weighted by molar-refractivity contribution is 5.97. The Balaban J connectivity index is 1.52. The summed E-state index contributed by atoms with van der Waals surface area (Å²) in [5.74, 6) is 1.30. The van der Waals surface area contributed by atoms with E-state index in [1.165, 1.54) is 4.90 Å². The van der Waals surface area contributed by atoms with Gasteiger partial charge < -0.3 is 33.0 Å². The first-order valence-electron chi connectivity index (χ1n) is 10.6. The smallest absolute Gasteiger partial charge is 0.254 e. The van der Waals surface area contributed by atoms with Crippen molar-refractivity contribution < 1.29 is 28.2 Å². The lowest BCUT2D eigenvalue weighted by molar-refractivity contribution is -0.133. The normalized spacial score (nSPS) is 12.1. The number of benzene rings is 1. The van der Waals surface area contributed by atoms with Crippen molar-refractivity contribution in [3.8, 4) is 11.5 Å². The van der Waals surface area contributed by atoms with Crippen LogP contribution in [-0.2, 0) is 29.7 Å². The van der Waals surface area contributed by atoms with Crippen molar-refractivity contribution in [1.29, 1.82) is 0 Å². The van der Waals surface area contributed by atoms with E-state index in [2.05, 4.69) is 0 Å². The number of carbonyl (C=O) groups is 2. The van der Waals surface area contributed by atoms with E-state index in [-0.39, 0.29) is 31.7 Å². The zero-order valence-electron chi connectivity index (χ0n) is 18.7. The van der Waals surface area contributed by atoms with E-state index in [4.69, 9.17) is 18.6 Å². The second-order valence-electron chi connectivity index (χ2n) is 7.73. The molecule has 0 radical (unpaired) electrons. The number of amides is 2. The lowest BCUT2D eigenvalue weighted by Crippen LogP contribution is -2.43. The Kier molecular flexibility index (Phi) is 6.99. The van der Waals surface area contributed by atoms with Crippen LogP contribution < -0.4 is 9.47 Å². The minimum absolute atomic E-state index is 0.0955. The number of nitrogens with zero attached hydrogens (tertiary/aromatic N) is 3. The van der Waals surface area contributed by atoms with E-state index in [9.17, 15) is 9.59 Å². The fraction of sp³-hybridized carbons (Fsp3) is 0.333. The Bertz CT molecular complexity index is 1090. The van der Waals surface area contributed by atoms with Gasteiger partial charge in [0.2, 0.25) is 12.7 Å². The van der Waals surface area contributed by atoms with Crippen molar-refractivity contribution in [1.82, 2.24) is 14.4 Å². The number of rotatable bonds is 10. The van der Waals surface area contributed by atoms with Gasteiger partial charge in [-0.15, -0.1) is 0 Å². The topological polar surface area (TPSA) is 86.4 Å². The van der Waals surface area contributed by atoms with Crippen molar-refractivity contribution in [2.75, 3.05) is 33.6 Å². The van der Waals surface area contributed by atoms with E-state index in [0.717, 1.165) is 5.69 Å². The third kappa shape index (κ3) is 5.38. The molecule has 0 saturated heterocycles. The van der Waals surface area contributed by atoms with E-state index in [0.29, 0.717) is 42.5 Å². The predicted octanol–water partition coefficient (Wildman–Crippen LogP) is 2.66. The molecule has 0 saturated carbocycles. The number of hydrogen-bond donors (Lipinski definition) is 0. The molecule has 1 aromatic carbocycles. The average molecular weight is 453 g/mol. The molecular formula is C24H27N3O6. The lowest BCUT2D eigenvalue weighted by atomic mass is 10.1. The summed E-state index contributed by atoms with van der Waals surface area (Å²) >= 11 is 0. The summed E-state index contributed by atoms with van der Waals surface area (Å²) in [6, 6.07) is 12.5. The monoisotopic (exact) mass is 453 g/mol. The second-order valence-corrected chi connectivity index (χ2v) is 7.73. The summed E-state index contributed by atoms with van der Waals surface area (Å²) in [5.41, 5.74) is 1.39. The second kappa shape index (κ2) is 10.3. The Hall–Kier alpha value is -3.72. The third-order valence-corrected chi connectivity index (χ3v) is 5.48. The van der Waals surface area contributed by atoms with Crippen LogP contribution in [0.5, 0.6) is 11.5 Å². The highest BCUT2D eigenvalue weighted by Gasteiger charge is 2.25. The first-order chi connectivity index (χ1) is 16.0. The molecule has 9 heteroatoms. The highest BCUT2D eigenvalue weighted by atomic mass is 16.7. The number of hydrogen-bond acceptors (Lipinski definition) is 6. The van der Waals surface area contributed by atoms with Gasteiger partial charge in [0, 0.05) is 38.2 Å². The van der Waals surface area contributed by atoms with E-state index >= 15 is 0 Å². The van der Waals surface area contributed by atoms with Crippen molar-refractivity contribution in [2.45, 2.75) is 13.1 Å². The minimum Gasteiger partial charge on any atom is -0.467 e. The van der Waals surface area contributed by atoms with Crippen LogP contribution in [0, 0.1) is 0 Å². The highest BCUT2D eigenvalue weighted by Crippen LogP contribution is 2.32. The lowest BCUT2D eigenvalue weighted by Gasteiger charge is -2.27. The standard InChI is InChI=1S/C24H27N3O6/c1-25-9-3-5-19(25)14-27(15-20-6-4-11-31-20)23(28)16-26(10-12-30-2)24(29)18-7-8-21-22(13-18)33-17-32-21/h3-9,11,13H,10,12,14-17H2,1-2H3. The van der Waals surface area contributed by atoms with Crippen molar-refractivity contribution in [2.24, 2.45) is 7.05 Å². The molecule has 0 spiro atoms. The van der Waals surface area contributed by atoms with Crippen molar-refractivity contribution >= 4 is 11.8 Å². The molecule has 0 aliphatic carbocycles. The number of ether oxygens (including phenoxy) is 3. The Labute approximate surface area is 192 Å². The third-order valence-electron chi connectivity index (χ3n) is 5.48. The largest absolute Gasteiger partial charge is 0.467 e. The zero-order chi connectivity index (χ0) is 23.2. The maximum absolute atomic E-state index is 13.4. The number of furan rings is 1. The van der Waals surface area contributed by atoms with E-state index in [1.807, 2.05) is 36.0 Å². The van der Waals surface area contributed by atoms with Gasteiger partial charge >= 0.3 is 0 Å². The van der Waals surface area contributed by atoms with Crippen LogP contribution in [0.25, 0.3) is 0 Å². The molecule has 0 N–H and O–H groups in total.